The van der Waals surface area contributed by atoms with Crippen LogP contribution in [-0.4, -0.2) is 16.4 Å². The van der Waals surface area contributed by atoms with Gasteiger partial charge in [0.1, 0.15) is 0 Å². The Morgan fingerprint density at radius 3 is 1.75 bits per heavy atom. The van der Waals surface area contributed by atoms with E-state index in [9.17, 15) is 17.6 Å². The van der Waals surface area contributed by atoms with E-state index in [1.807, 2.05) is 0 Å². The molecule has 1 fully saturated rings. The summed E-state index contributed by atoms with van der Waals surface area (Å²) in [7, 11) is 0.00849. The Hall–Kier alpha value is -0.883. The molecule has 0 saturated carbocycles. The highest BCUT2D eigenvalue weighted by atomic mass is 28.2. The fraction of sp³-hybridized carbons (Fsp3) is 0.400. The smallest absolute Gasteiger partial charge is 0.197 e. The minimum atomic E-state index is -1.78. The Labute approximate surface area is 93.4 Å². The molecule has 0 radical (unpaired) electrons. The first kappa shape index (κ1) is 13.2. The van der Waals surface area contributed by atoms with Crippen LogP contribution in [0.4, 0.5) is 17.6 Å². The lowest BCUT2D eigenvalue weighted by atomic mass is 10.3. The van der Waals surface area contributed by atoms with Crippen molar-refractivity contribution in [1.29, 1.82) is 0 Å². The van der Waals surface area contributed by atoms with Gasteiger partial charge in [-0.25, -0.2) is 17.6 Å². The number of rotatable bonds is 0. The summed E-state index contributed by atoms with van der Waals surface area (Å²) in [5.74, 6) is -6.34. The van der Waals surface area contributed by atoms with Crippen molar-refractivity contribution in [3.05, 3.63) is 35.4 Å². The summed E-state index contributed by atoms with van der Waals surface area (Å²) >= 11 is 0. The molecule has 0 bridgehead atoms. The molecule has 0 aliphatic carbocycles. The van der Waals surface area contributed by atoms with E-state index in [1.54, 1.807) is 0 Å². The average Bonchev–Trinajstić information content (AvgIpc) is 2.35. The second-order valence-electron chi connectivity index (χ2n) is 3.33. The standard InChI is InChI=1S/C6H2F4.C4H10OSi/c7-3-1-2-4(8)6(10)5(3)9;1-2-4-6-5-3-1/h1-2H;1-4,6H2. The third-order valence-electron chi connectivity index (χ3n) is 2.07. The second kappa shape index (κ2) is 6.65. The van der Waals surface area contributed by atoms with Crippen LogP contribution in [0.3, 0.4) is 0 Å². The molecule has 0 spiro atoms. The van der Waals surface area contributed by atoms with Crippen molar-refractivity contribution in [3.63, 3.8) is 0 Å². The highest BCUT2D eigenvalue weighted by Crippen LogP contribution is 2.12. The maximum atomic E-state index is 12.0. The van der Waals surface area contributed by atoms with Gasteiger partial charge in [0.25, 0.3) is 0 Å². The number of hydrogen-bond donors (Lipinski definition) is 0. The van der Waals surface area contributed by atoms with Crippen molar-refractivity contribution in [2.24, 2.45) is 0 Å². The molecule has 1 heterocycles. The van der Waals surface area contributed by atoms with Crippen molar-refractivity contribution in [1.82, 2.24) is 0 Å². The molecule has 1 aromatic carbocycles. The molecular weight excluding hydrogens is 240 g/mol. The molecule has 16 heavy (non-hydrogen) atoms. The first-order valence-electron chi connectivity index (χ1n) is 4.99. The lowest BCUT2D eigenvalue weighted by Crippen LogP contribution is -2.06. The number of benzene rings is 1. The van der Waals surface area contributed by atoms with Crippen LogP contribution in [0.25, 0.3) is 0 Å². The van der Waals surface area contributed by atoms with E-state index in [0.717, 1.165) is 6.61 Å². The summed E-state index contributed by atoms with van der Waals surface area (Å²) in [5.41, 5.74) is 0. The van der Waals surface area contributed by atoms with E-state index in [2.05, 4.69) is 0 Å². The molecule has 1 saturated heterocycles. The van der Waals surface area contributed by atoms with Crippen LogP contribution in [0.5, 0.6) is 0 Å². The molecule has 0 amide bonds. The van der Waals surface area contributed by atoms with Crippen molar-refractivity contribution >= 4 is 9.76 Å². The van der Waals surface area contributed by atoms with E-state index in [4.69, 9.17) is 4.43 Å². The van der Waals surface area contributed by atoms with Gasteiger partial charge in [0.2, 0.25) is 0 Å². The Morgan fingerprint density at radius 2 is 1.50 bits per heavy atom. The quantitative estimate of drug-likeness (QED) is 0.298. The van der Waals surface area contributed by atoms with Crippen LogP contribution in [0.15, 0.2) is 12.1 Å². The van der Waals surface area contributed by atoms with Gasteiger partial charge in [0.15, 0.2) is 33.0 Å². The Kier molecular flexibility index (Phi) is 5.48. The fourth-order valence-electron chi connectivity index (χ4n) is 1.19. The summed E-state index contributed by atoms with van der Waals surface area (Å²) < 4.78 is 53.2. The zero-order valence-corrected chi connectivity index (χ0v) is 10.0. The van der Waals surface area contributed by atoms with Crippen LogP contribution in [0.2, 0.25) is 6.04 Å². The normalized spacial score (nSPS) is 16.8. The van der Waals surface area contributed by atoms with Crippen LogP contribution < -0.4 is 0 Å². The van der Waals surface area contributed by atoms with Crippen LogP contribution >= 0.6 is 0 Å². The highest BCUT2D eigenvalue weighted by molar-refractivity contribution is 6.27. The Morgan fingerprint density at radius 1 is 0.938 bits per heavy atom. The van der Waals surface area contributed by atoms with Gasteiger partial charge in [-0.3, -0.25) is 0 Å². The van der Waals surface area contributed by atoms with E-state index >= 15 is 0 Å². The van der Waals surface area contributed by atoms with Crippen molar-refractivity contribution in [2.45, 2.75) is 18.9 Å². The molecule has 1 nitrogen and oxygen atoms in total. The van der Waals surface area contributed by atoms with Crippen LogP contribution in [0.1, 0.15) is 12.8 Å². The molecule has 1 aliphatic rings. The minimum Gasteiger partial charge on any atom is -0.424 e. The fourth-order valence-corrected chi connectivity index (χ4v) is 2.36. The maximum Gasteiger partial charge on any atom is 0.197 e. The van der Waals surface area contributed by atoms with Crippen LogP contribution in [0, 0.1) is 23.3 Å². The predicted molar refractivity (Wildman–Crippen MR) is 54.8 cm³/mol. The zero-order valence-electron chi connectivity index (χ0n) is 8.61. The second-order valence-corrected chi connectivity index (χ2v) is 4.85. The van der Waals surface area contributed by atoms with Gasteiger partial charge in [-0.15, -0.1) is 0 Å². The molecular formula is C10H12F4OSi. The Balaban J connectivity index is 0.000000181. The van der Waals surface area contributed by atoms with E-state index < -0.39 is 23.3 Å². The molecule has 6 heteroatoms. The van der Waals surface area contributed by atoms with E-state index in [-0.39, 0.29) is 9.76 Å². The molecule has 0 aromatic heterocycles. The summed E-state index contributed by atoms with van der Waals surface area (Å²) in [6.45, 7) is 1.06. The zero-order chi connectivity index (χ0) is 12.0. The van der Waals surface area contributed by atoms with Crippen LogP contribution in [-0.2, 0) is 4.43 Å². The van der Waals surface area contributed by atoms with Gasteiger partial charge < -0.3 is 4.43 Å². The highest BCUT2D eigenvalue weighted by Gasteiger charge is 2.11. The molecule has 0 N–H and O–H groups in total. The Bertz CT molecular complexity index is 303. The molecule has 0 atom stereocenters. The molecule has 1 aliphatic heterocycles. The first-order valence-corrected chi connectivity index (χ1v) is 6.57. The van der Waals surface area contributed by atoms with Gasteiger partial charge in [0, 0.05) is 6.61 Å². The third kappa shape index (κ3) is 3.94. The molecule has 90 valence electrons. The SMILES string of the molecule is C1CC[SiH2]OC1.Fc1ccc(F)c(F)c1F. The predicted octanol–water partition coefficient (Wildman–Crippen LogP) is 2.54. The van der Waals surface area contributed by atoms with Gasteiger partial charge in [-0.05, 0) is 24.6 Å². The average molecular weight is 252 g/mol. The van der Waals surface area contributed by atoms with E-state index in [1.165, 1.54) is 18.9 Å². The molecule has 1 aromatic rings. The minimum absolute atomic E-state index is 0.00849. The third-order valence-corrected chi connectivity index (χ3v) is 3.43. The molecule has 2 rings (SSSR count). The lowest BCUT2D eigenvalue weighted by Gasteiger charge is -2.07. The number of halogens is 4. The van der Waals surface area contributed by atoms with Gasteiger partial charge in [0.05, 0.1) is 0 Å². The van der Waals surface area contributed by atoms with Gasteiger partial charge >= 0.3 is 0 Å². The summed E-state index contributed by atoms with van der Waals surface area (Å²) in [6, 6.07) is 2.46. The van der Waals surface area contributed by atoms with Crippen molar-refractivity contribution in [3.8, 4) is 0 Å². The lowest BCUT2D eigenvalue weighted by molar-refractivity contribution is 0.304. The first-order chi connectivity index (χ1) is 7.63. The maximum absolute atomic E-state index is 12.0. The molecule has 0 unspecified atom stereocenters. The topological polar surface area (TPSA) is 9.23 Å². The van der Waals surface area contributed by atoms with Gasteiger partial charge in [-0.1, -0.05) is 6.42 Å². The van der Waals surface area contributed by atoms with Crippen molar-refractivity contribution in [2.75, 3.05) is 6.61 Å². The summed E-state index contributed by atoms with van der Waals surface area (Å²) in [6.07, 6.45) is 2.75. The number of hydrogen-bond acceptors (Lipinski definition) is 1. The summed E-state index contributed by atoms with van der Waals surface area (Å²) in [4.78, 5) is 0. The van der Waals surface area contributed by atoms with E-state index in [0.29, 0.717) is 12.1 Å². The van der Waals surface area contributed by atoms with Crippen molar-refractivity contribution < 1.29 is 22.0 Å². The summed E-state index contributed by atoms with van der Waals surface area (Å²) in [5, 5.41) is 0. The van der Waals surface area contributed by atoms with Gasteiger partial charge in [-0.2, -0.15) is 0 Å². The monoisotopic (exact) mass is 252 g/mol. The largest absolute Gasteiger partial charge is 0.424 e.